The van der Waals surface area contributed by atoms with E-state index < -0.39 is 10.0 Å². The van der Waals surface area contributed by atoms with E-state index in [1.807, 2.05) is 62.4 Å². The Labute approximate surface area is 163 Å². The van der Waals surface area contributed by atoms with E-state index in [0.717, 1.165) is 22.4 Å². The highest BCUT2D eigenvalue weighted by Gasteiger charge is 2.24. The van der Waals surface area contributed by atoms with E-state index in [0.29, 0.717) is 19.5 Å². The molecule has 1 atom stereocenters. The number of nitrogens with zero attached hydrogens (tertiary/aromatic N) is 1. The lowest BCUT2D eigenvalue weighted by molar-refractivity contribution is 0.394. The second-order valence-corrected chi connectivity index (χ2v) is 9.02. The van der Waals surface area contributed by atoms with E-state index in [4.69, 9.17) is 4.74 Å². The third-order valence-corrected chi connectivity index (χ3v) is 6.49. The summed E-state index contributed by atoms with van der Waals surface area (Å²) in [5.74, 6) is 0.899. The molecule has 27 heavy (non-hydrogen) atoms. The van der Waals surface area contributed by atoms with Crippen LogP contribution in [0.5, 0.6) is 5.75 Å². The molecule has 0 bridgehead atoms. The predicted molar refractivity (Wildman–Crippen MR) is 111 cm³/mol. The highest BCUT2D eigenvalue weighted by molar-refractivity contribution is 7.89. The molecule has 0 aliphatic heterocycles. The molecule has 2 aromatic rings. The minimum atomic E-state index is -3.41. The van der Waals surface area contributed by atoms with E-state index in [2.05, 4.69) is 6.58 Å². The number of benzene rings is 2. The van der Waals surface area contributed by atoms with Crippen LogP contribution in [0.3, 0.4) is 0 Å². The topological polar surface area (TPSA) is 46.6 Å². The molecule has 2 aromatic carbocycles. The van der Waals surface area contributed by atoms with Crippen molar-refractivity contribution in [1.82, 2.24) is 4.31 Å². The zero-order valence-corrected chi connectivity index (χ0v) is 17.2. The standard InChI is InChI=1S/C22H29NO3S/c1-5-6-19(3)17-27(24,25)23(15-20-9-7-18(2)8-10-20)16-21-11-13-22(26-4)14-12-21/h5,7-14,19H,1,6,15-17H2,2-4H3/t19-/m0/s1. The third-order valence-electron chi connectivity index (χ3n) is 4.46. The van der Waals surface area contributed by atoms with Crippen molar-refractivity contribution >= 4 is 10.0 Å². The summed E-state index contributed by atoms with van der Waals surface area (Å²) in [6.45, 7) is 8.37. The van der Waals surface area contributed by atoms with Gasteiger partial charge in [-0.1, -0.05) is 55.0 Å². The molecule has 0 aliphatic carbocycles. The van der Waals surface area contributed by atoms with Crippen molar-refractivity contribution < 1.29 is 13.2 Å². The Bertz CT molecular complexity index is 827. The summed E-state index contributed by atoms with van der Waals surface area (Å²) in [7, 11) is -1.80. The zero-order chi connectivity index (χ0) is 19.9. The molecule has 4 nitrogen and oxygen atoms in total. The van der Waals surface area contributed by atoms with Gasteiger partial charge in [-0.3, -0.25) is 0 Å². The van der Waals surface area contributed by atoms with Crippen LogP contribution in [0.2, 0.25) is 0 Å². The summed E-state index contributed by atoms with van der Waals surface area (Å²) < 4.78 is 32.9. The molecule has 0 fully saturated rings. The SMILES string of the molecule is C=CC[C@H](C)CS(=O)(=O)N(Cc1ccc(C)cc1)Cc1ccc(OC)cc1. The number of aryl methyl sites for hydroxylation is 1. The van der Waals surface area contributed by atoms with Crippen LogP contribution in [-0.2, 0) is 23.1 Å². The molecule has 0 heterocycles. The number of methoxy groups -OCH3 is 1. The Hall–Kier alpha value is -2.11. The maximum atomic E-state index is 13.1. The van der Waals surface area contributed by atoms with E-state index in [9.17, 15) is 8.42 Å². The molecule has 0 N–H and O–H groups in total. The summed E-state index contributed by atoms with van der Waals surface area (Å²) in [5, 5.41) is 0. The van der Waals surface area contributed by atoms with Gasteiger partial charge in [-0.2, -0.15) is 4.31 Å². The summed E-state index contributed by atoms with van der Waals surface area (Å²) >= 11 is 0. The number of rotatable bonds is 10. The van der Waals surface area contributed by atoms with E-state index in [1.165, 1.54) is 0 Å². The van der Waals surface area contributed by atoms with Crippen LogP contribution < -0.4 is 4.74 Å². The Morgan fingerprint density at radius 2 is 1.56 bits per heavy atom. The lowest BCUT2D eigenvalue weighted by Crippen LogP contribution is -2.34. The van der Waals surface area contributed by atoms with Crippen molar-refractivity contribution in [3.63, 3.8) is 0 Å². The molecular formula is C22H29NO3S. The monoisotopic (exact) mass is 387 g/mol. The molecule has 0 unspecified atom stereocenters. The van der Waals surface area contributed by atoms with Gasteiger partial charge >= 0.3 is 0 Å². The smallest absolute Gasteiger partial charge is 0.214 e. The first-order valence-electron chi connectivity index (χ1n) is 9.11. The highest BCUT2D eigenvalue weighted by Crippen LogP contribution is 2.20. The van der Waals surface area contributed by atoms with Crippen molar-refractivity contribution in [1.29, 1.82) is 0 Å². The average molecular weight is 388 g/mol. The van der Waals surface area contributed by atoms with Gasteiger partial charge in [0.15, 0.2) is 0 Å². The van der Waals surface area contributed by atoms with Gasteiger partial charge < -0.3 is 4.74 Å². The summed E-state index contributed by atoms with van der Waals surface area (Å²) in [6.07, 6.45) is 2.45. The van der Waals surface area contributed by atoms with Crippen LogP contribution >= 0.6 is 0 Å². The Morgan fingerprint density at radius 1 is 1.04 bits per heavy atom. The fourth-order valence-electron chi connectivity index (χ4n) is 2.90. The van der Waals surface area contributed by atoms with E-state index in [1.54, 1.807) is 17.5 Å². The number of sulfonamides is 1. The minimum absolute atomic E-state index is 0.0314. The molecule has 0 aliphatic rings. The van der Waals surface area contributed by atoms with Crippen molar-refractivity contribution in [2.45, 2.75) is 33.4 Å². The molecule has 0 amide bonds. The summed E-state index contributed by atoms with van der Waals surface area (Å²) in [5.41, 5.74) is 3.07. The number of hydrogen-bond acceptors (Lipinski definition) is 3. The number of ether oxygens (including phenoxy) is 1. The predicted octanol–water partition coefficient (Wildman–Crippen LogP) is 4.55. The minimum Gasteiger partial charge on any atom is -0.497 e. The molecule has 2 rings (SSSR count). The van der Waals surface area contributed by atoms with Gasteiger partial charge in [0, 0.05) is 13.1 Å². The second kappa shape index (κ2) is 9.72. The highest BCUT2D eigenvalue weighted by atomic mass is 32.2. The first kappa shape index (κ1) is 21.2. The van der Waals surface area contributed by atoms with Crippen LogP contribution in [-0.4, -0.2) is 25.6 Å². The maximum Gasteiger partial charge on any atom is 0.214 e. The van der Waals surface area contributed by atoms with E-state index >= 15 is 0 Å². The van der Waals surface area contributed by atoms with Gasteiger partial charge in [0.2, 0.25) is 10.0 Å². The van der Waals surface area contributed by atoms with Gasteiger partial charge in [-0.05, 0) is 42.5 Å². The lowest BCUT2D eigenvalue weighted by atomic mass is 10.1. The molecule has 0 aromatic heterocycles. The van der Waals surface area contributed by atoms with Gasteiger partial charge in [-0.15, -0.1) is 6.58 Å². The molecular weight excluding hydrogens is 358 g/mol. The lowest BCUT2D eigenvalue weighted by Gasteiger charge is -2.24. The molecule has 146 valence electrons. The molecule has 0 saturated carbocycles. The Kier molecular flexibility index (Phi) is 7.63. The van der Waals surface area contributed by atoms with Crippen molar-refractivity contribution in [3.05, 3.63) is 77.9 Å². The molecule has 0 spiro atoms. The second-order valence-electron chi connectivity index (χ2n) is 7.01. The van der Waals surface area contributed by atoms with Crippen LogP contribution in [0.1, 0.15) is 30.0 Å². The Morgan fingerprint density at radius 3 is 2.04 bits per heavy atom. The van der Waals surface area contributed by atoms with Crippen molar-refractivity contribution in [2.75, 3.05) is 12.9 Å². The van der Waals surface area contributed by atoms with Crippen LogP contribution in [0.15, 0.2) is 61.2 Å². The third kappa shape index (κ3) is 6.52. The number of hydrogen-bond donors (Lipinski definition) is 0. The van der Waals surface area contributed by atoms with E-state index in [-0.39, 0.29) is 11.7 Å². The van der Waals surface area contributed by atoms with Gasteiger partial charge in [0.25, 0.3) is 0 Å². The largest absolute Gasteiger partial charge is 0.497 e. The van der Waals surface area contributed by atoms with Crippen molar-refractivity contribution in [2.24, 2.45) is 5.92 Å². The first-order valence-corrected chi connectivity index (χ1v) is 10.7. The summed E-state index contributed by atoms with van der Waals surface area (Å²) in [6, 6.07) is 15.5. The quantitative estimate of drug-likeness (QED) is 0.562. The fraction of sp³-hybridized carbons (Fsp3) is 0.364. The zero-order valence-electron chi connectivity index (χ0n) is 16.4. The van der Waals surface area contributed by atoms with Gasteiger partial charge in [0.05, 0.1) is 12.9 Å². The van der Waals surface area contributed by atoms with Crippen LogP contribution in [0.4, 0.5) is 0 Å². The van der Waals surface area contributed by atoms with Gasteiger partial charge in [-0.25, -0.2) is 8.42 Å². The Balaban J connectivity index is 2.25. The molecule has 0 saturated heterocycles. The first-order chi connectivity index (χ1) is 12.8. The fourth-order valence-corrected chi connectivity index (χ4v) is 4.66. The normalized spacial score (nSPS) is 12.7. The van der Waals surface area contributed by atoms with Crippen LogP contribution in [0.25, 0.3) is 0 Å². The van der Waals surface area contributed by atoms with Gasteiger partial charge in [0.1, 0.15) is 5.75 Å². The number of allylic oxidation sites excluding steroid dienone is 1. The van der Waals surface area contributed by atoms with Crippen molar-refractivity contribution in [3.8, 4) is 5.75 Å². The van der Waals surface area contributed by atoms with Crippen LogP contribution in [0, 0.1) is 12.8 Å². The average Bonchev–Trinajstić information content (AvgIpc) is 2.63. The maximum absolute atomic E-state index is 13.1. The summed E-state index contributed by atoms with van der Waals surface area (Å²) in [4.78, 5) is 0. The molecule has 5 heteroatoms. The molecule has 0 radical (unpaired) electrons.